The van der Waals surface area contributed by atoms with E-state index in [9.17, 15) is 0 Å². The third-order valence-corrected chi connectivity index (χ3v) is 11.8. The summed E-state index contributed by atoms with van der Waals surface area (Å²) in [5.74, 6) is 1.81. The fourth-order valence-corrected chi connectivity index (χ4v) is 9.49. The summed E-state index contributed by atoms with van der Waals surface area (Å²) in [6.45, 7) is 0. The van der Waals surface area contributed by atoms with E-state index in [0.717, 1.165) is 22.6 Å². The SMILES string of the molecule is COc1ccc(C2(c3ccc(-c4cccc5ccccc45)cc3)C=Cc3c4c(c5ccccc5c3O2)-c2ccccc2C42CCCCC2)cc1. The number of methoxy groups -OCH3 is 1. The Labute approximate surface area is 293 Å². The van der Waals surface area contributed by atoms with Crippen LogP contribution < -0.4 is 9.47 Å². The van der Waals surface area contributed by atoms with Crippen LogP contribution in [0.3, 0.4) is 0 Å². The summed E-state index contributed by atoms with van der Waals surface area (Å²) in [5, 5.41) is 4.95. The van der Waals surface area contributed by atoms with Crippen molar-refractivity contribution in [3.63, 3.8) is 0 Å². The molecule has 50 heavy (non-hydrogen) atoms. The first-order valence-electron chi connectivity index (χ1n) is 18.0. The molecule has 0 amide bonds. The molecule has 0 saturated heterocycles. The van der Waals surface area contributed by atoms with Gasteiger partial charge in [-0.05, 0) is 80.6 Å². The van der Waals surface area contributed by atoms with Crippen molar-refractivity contribution in [1.29, 1.82) is 0 Å². The van der Waals surface area contributed by atoms with Gasteiger partial charge in [0.25, 0.3) is 0 Å². The van der Waals surface area contributed by atoms with Gasteiger partial charge in [0.15, 0.2) is 5.60 Å². The number of benzene rings is 7. The highest BCUT2D eigenvalue weighted by molar-refractivity contribution is 6.08. The lowest BCUT2D eigenvalue weighted by molar-refractivity contribution is 0.163. The summed E-state index contributed by atoms with van der Waals surface area (Å²) in [4.78, 5) is 0. The average Bonchev–Trinajstić information content (AvgIpc) is 3.47. The van der Waals surface area contributed by atoms with E-state index in [-0.39, 0.29) is 5.41 Å². The molecule has 2 aliphatic carbocycles. The minimum Gasteiger partial charge on any atom is -0.497 e. The minimum absolute atomic E-state index is 0.00616. The molecule has 0 radical (unpaired) electrons. The van der Waals surface area contributed by atoms with E-state index in [1.807, 2.05) is 12.1 Å². The van der Waals surface area contributed by atoms with E-state index >= 15 is 0 Å². The summed E-state index contributed by atoms with van der Waals surface area (Å²) in [6, 6.07) is 50.7. The van der Waals surface area contributed by atoms with Crippen LogP contribution in [0.5, 0.6) is 11.5 Å². The molecule has 0 N–H and O–H groups in total. The Balaban J connectivity index is 1.20. The summed E-state index contributed by atoms with van der Waals surface area (Å²) in [5.41, 5.74) is 10.8. The number of fused-ring (bicyclic) bond motifs is 11. The molecular formula is C48H38O2. The first-order valence-corrected chi connectivity index (χ1v) is 18.0. The molecule has 7 aromatic carbocycles. The molecule has 242 valence electrons. The Bertz CT molecular complexity index is 2460. The maximum Gasteiger partial charge on any atom is 0.178 e. The lowest BCUT2D eigenvalue weighted by Crippen LogP contribution is -2.35. The lowest BCUT2D eigenvalue weighted by atomic mass is 9.66. The summed E-state index contributed by atoms with van der Waals surface area (Å²) < 4.78 is 13.2. The van der Waals surface area contributed by atoms with Crippen LogP contribution in [0.2, 0.25) is 0 Å². The van der Waals surface area contributed by atoms with Crippen molar-refractivity contribution in [3.8, 4) is 33.8 Å². The molecule has 1 unspecified atom stereocenters. The molecule has 3 aliphatic rings. The van der Waals surface area contributed by atoms with Gasteiger partial charge in [-0.1, -0.05) is 153 Å². The minimum atomic E-state index is -0.835. The molecule has 1 atom stereocenters. The van der Waals surface area contributed by atoms with Crippen LogP contribution in [0.25, 0.3) is 49.9 Å². The highest BCUT2D eigenvalue weighted by Crippen LogP contribution is 2.62. The molecule has 7 aromatic rings. The first-order chi connectivity index (χ1) is 24.7. The Kier molecular flexibility index (Phi) is 6.58. The zero-order chi connectivity index (χ0) is 33.3. The standard InChI is InChI=1S/C48H38O2/c1-49-36-26-24-35(25-27-36)48(34-22-20-33(21-23-34)38-18-11-13-32-12-3-4-14-37(32)38)31-28-42-45-44(39-15-5-6-16-40(39)46(42)50-48)41-17-7-8-19-43(41)47(45)29-9-2-10-30-47/h3-8,11-28,31H,2,9-10,29-30H2,1H3. The Morgan fingerprint density at radius 1 is 0.580 bits per heavy atom. The van der Waals surface area contributed by atoms with Crippen molar-refractivity contribution >= 4 is 27.6 Å². The Morgan fingerprint density at radius 2 is 1.22 bits per heavy atom. The smallest absolute Gasteiger partial charge is 0.178 e. The zero-order valence-electron chi connectivity index (χ0n) is 28.3. The van der Waals surface area contributed by atoms with Gasteiger partial charge in [-0.2, -0.15) is 0 Å². The van der Waals surface area contributed by atoms with Crippen molar-refractivity contribution < 1.29 is 9.47 Å². The maximum absolute atomic E-state index is 7.62. The highest BCUT2D eigenvalue weighted by atomic mass is 16.5. The van der Waals surface area contributed by atoms with Crippen LogP contribution in [0.15, 0.2) is 146 Å². The topological polar surface area (TPSA) is 18.5 Å². The maximum atomic E-state index is 7.62. The van der Waals surface area contributed by atoms with Crippen LogP contribution in [-0.2, 0) is 11.0 Å². The van der Waals surface area contributed by atoms with Crippen LogP contribution >= 0.6 is 0 Å². The molecule has 1 saturated carbocycles. The van der Waals surface area contributed by atoms with Crippen molar-refractivity contribution in [2.24, 2.45) is 0 Å². The molecule has 2 heteroatoms. The number of hydrogen-bond acceptors (Lipinski definition) is 2. The molecule has 1 heterocycles. The third-order valence-electron chi connectivity index (χ3n) is 11.8. The predicted octanol–water partition coefficient (Wildman–Crippen LogP) is 12.2. The van der Waals surface area contributed by atoms with Gasteiger partial charge in [-0.3, -0.25) is 0 Å². The first kappa shape index (κ1) is 29.3. The molecular weight excluding hydrogens is 609 g/mol. The van der Waals surface area contributed by atoms with E-state index in [4.69, 9.17) is 9.47 Å². The Hall–Kier alpha value is -5.60. The van der Waals surface area contributed by atoms with Crippen molar-refractivity contribution in [3.05, 3.63) is 173 Å². The van der Waals surface area contributed by atoms with Crippen molar-refractivity contribution in [1.82, 2.24) is 0 Å². The second kappa shape index (κ2) is 11.2. The zero-order valence-corrected chi connectivity index (χ0v) is 28.3. The predicted molar refractivity (Wildman–Crippen MR) is 206 cm³/mol. The van der Waals surface area contributed by atoms with Crippen LogP contribution in [0.4, 0.5) is 0 Å². The lowest BCUT2D eigenvalue weighted by Gasteiger charge is -2.41. The van der Waals surface area contributed by atoms with Crippen molar-refractivity contribution in [2.45, 2.75) is 43.1 Å². The fourth-order valence-electron chi connectivity index (χ4n) is 9.49. The van der Waals surface area contributed by atoms with Gasteiger partial charge in [0.05, 0.1) is 7.11 Å². The van der Waals surface area contributed by atoms with Gasteiger partial charge in [0.2, 0.25) is 0 Å². The molecule has 1 aliphatic heterocycles. The summed E-state index contributed by atoms with van der Waals surface area (Å²) in [6.07, 6.45) is 10.9. The second-order valence-corrected chi connectivity index (χ2v) is 14.2. The highest BCUT2D eigenvalue weighted by Gasteiger charge is 2.48. The summed E-state index contributed by atoms with van der Waals surface area (Å²) in [7, 11) is 1.72. The van der Waals surface area contributed by atoms with Crippen LogP contribution in [-0.4, -0.2) is 7.11 Å². The normalized spacial score (nSPS) is 18.4. The van der Waals surface area contributed by atoms with Gasteiger partial charge >= 0.3 is 0 Å². The second-order valence-electron chi connectivity index (χ2n) is 14.2. The van der Waals surface area contributed by atoms with E-state index in [1.54, 1.807) is 7.11 Å². The Morgan fingerprint density at radius 3 is 2.00 bits per heavy atom. The van der Waals surface area contributed by atoms with Gasteiger partial charge in [-0.15, -0.1) is 0 Å². The third kappa shape index (κ3) is 4.15. The quantitative estimate of drug-likeness (QED) is 0.189. The number of ether oxygens (including phenoxy) is 2. The summed E-state index contributed by atoms with van der Waals surface area (Å²) >= 11 is 0. The molecule has 0 aromatic heterocycles. The van der Waals surface area contributed by atoms with Crippen LogP contribution in [0, 0.1) is 0 Å². The van der Waals surface area contributed by atoms with Gasteiger partial charge < -0.3 is 9.47 Å². The van der Waals surface area contributed by atoms with Gasteiger partial charge in [0.1, 0.15) is 11.5 Å². The fraction of sp³-hybridized carbons (Fsp3) is 0.167. The molecule has 1 spiro atoms. The molecule has 2 nitrogen and oxygen atoms in total. The molecule has 0 bridgehead atoms. The van der Waals surface area contributed by atoms with E-state index < -0.39 is 5.60 Å². The number of rotatable bonds is 4. The number of hydrogen-bond donors (Lipinski definition) is 0. The van der Waals surface area contributed by atoms with Crippen LogP contribution in [0.1, 0.15) is 59.9 Å². The molecule has 10 rings (SSSR count). The van der Waals surface area contributed by atoms with Gasteiger partial charge in [0, 0.05) is 27.5 Å². The average molecular weight is 647 g/mol. The van der Waals surface area contributed by atoms with Gasteiger partial charge in [-0.25, -0.2) is 0 Å². The molecule has 1 fully saturated rings. The van der Waals surface area contributed by atoms with E-state index in [1.165, 1.54) is 92.6 Å². The van der Waals surface area contributed by atoms with E-state index in [0.29, 0.717) is 0 Å². The van der Waals surface area contributed by atoms with Crippen molar-refractivity contribution in [2.75, 3.05) is 7.11 Å². The monoisotopic (exact) mass is 646 g/mol. The largest absolute Gasteiger partial charge is 0.497 e. The van der Waals surface area contributed by atoms with E-state index in [2.05, 4.69) is 140 Å².